The van der Waals surface area contributed by atoms with Crippen LogP contribution in [-0.2, 0) is 4.74 Å². The van der Waals surface area contributed by atoms with Crippen LogP contribution in [0.4, 0.5) is 28.1 Å². The van der Waals surface area contributed by atoms with Crippen molar-refractivity contribution in [3.8, 4) is 11.4 Å². The maximum absolute atomic E-state index is 12.7. The van der Waals surface area contributed by atoms with Gasteiger partial charge in [0.2, 0.25) is 11.9 Å². The van der Waals surface area contributed by atoms with Gasteiger partial charge in [-0.2, -0.15) is 15.0 Å². The fourth-order valence-electron chi connectivity index (χ4n) is 4.81. The number of hydrogen-bond donors (Lipinski definition) is 2. The molecule has 3 amide bonds. The van der Waals surface area contributed by atoms with Gasteiger partial charge in [-0.15, -0.1) is 0 Å². The Balaban J connectivity index is 1.22. The van der Waals surface area contributed by atoms with E-state index < -0.39 is 0 Å². The Morgan fingerprint density at radius 3 is 1.88 bits per heavy atom. The minimum absolute atomic E-state index is 0.0595. The second-order valence-corrected chi connectivity index (χ2v) is 10.8. The lowest BCUT2D eigenvalue weighted by Gasteiger charge is -2.28. The van der Waals surface area contributed by atoms with Crippen molar-refractivity contribution in [1.82, 2.24) is 24.8 Å². The minimum atomic E-state index is -0.379. The number of anilines is 4. The Kier molecular flexibility index (Phi) is 9.45. The quantitative estimate of drug-likeness (QED) is 0.398. The summed E-state index contributed by atoms with van der Waals surface area (Å²) in [5, 5.41) is 5.68. The van der Waals surface area contributed by atoms with Gasteiger partial charge in [0.25, 0.3) is 5.91 Å². The summed E-state index contributed by atoms with van der Waals surface area (Å²) in [6.07, 6.45) is 2.26. The van der Waals surface area contributed by atoms with Crippen LogP contribution < -0.4 is 20.4 Å². The van der Waals surface area contributed by atoms with Crippen molar-refractivity contribution in [3.05, 3.63) is 54.1 Å². The first kappa shape index (κ1) is 29.2. The molecule has 42 heavy (non-hydrogen) atoms. The predicted octanol–water partition coefficient (Wildman–Crippen LogP) is 3.25. The van der Waals surface area contributed by atoms with Crippen molar-refractivity contribution in [2.75, 3.05) is 94.1 Å². The number of hydrogen-bond acceptors (Lipinski definition) is 9. The van der Waals surface area contributed by atoms with Crippen molar-refractivity contribution in [3.63, 3.8) is 0 Å². The molecule has 0 radical (unpaired) electrons. The lowest BCUT2D eigenvalue weighted by atomic mass is 10.2. The average Bonchev–Trinajstić information content (AvgIpc) is 3.56. The molecule has 3 heterocycles. The molecule has 2 fully saturated rings. The van der Waals surface area contributed by atoms with E-state index in [-0.39, 0.29) is 11.9 Å². The minimum Gasteiger partial charge on any atom is -0.378 e. The maximum atomic E-state index is 12.7. The number of rotatable bonds is 9. The van der Waals surface area contributed by atoms with Gasteiger partial charge in [-0.3, -0.25) is 4.79 Å². The second-order valence-electron chi connectivity index (χ2n) is 10.8. The number of likely N-dealkylation sites (N-methyl/N-ethyl adjacent to an activating group) is 2. The topological polar surface area (TPSA) is 119 Å². The van der Waals surface area contributed by atoms with Crippen LogP contribution in [0, 0.1) is 0 Å². The number of ether oxygens (including phenoxy) is 1. The summed E-state index contributed by atoms with van der Waals surface area (Å²) in [4.78, 5) is 47.7. The van der Waals surface area contributed by atoms with Crippen molar-refractivity contribution in [1.29, 1.82) is 0 Å². The van der Waals surface area contributed by atoms with Crippen molar-refractivity contribution >= 4 is 35.2 Å². The number of amides is 3. The van der Waals surface area contributed by atoms with Gasteiger partial charge in [0.1, 0.15) is 0 Å². The van der Waals surface area contributed by atoms with Crippen LogP contribution >= 0.6 is 0 Å². The number of urea groups is 1. The molecule has 2 aromatic carbocycles. The molecular weight excluding hydrogens is 534 g/mol. The van der Waals surface area contributed by atoms with Gasteiger partial charge < -0.3 is 35.0 Å². The number of nitrogens with one attached hydrogen (secondary N) is 2. The lowest BCUT2D eigenvalue weighted by Crippen LogP contribution is -2.38. The molecule has 2 N–H and O–H groups in total. The van der Waals surface area contributed by atoms with E-state index in [1.165, 1.54) is 0 Å². The average molecular weight is 574 g/mol. The van der Waals surface area contributed by atoms with Gasteiger partial charge in [-0.05, 0) is 75.5 Å². The fourth-order valence-corrected chi connectivity index (χ4v) is 4.81. The van der Waals surface area contributed by atoms with E-state index in [0.717, 1.165) is 51.1 Å². The van der Waals surface area contributed by atoms with E-state index in [9.17, 15) is 9.59 Å². The van der Waals surface area contributed by atoms with E-state index in [0.29, 0.717) is 54.4 Å². The van der Waals surface area contributed by atoms with Crippen LogP contribution in [0.5, 0.6) is 0 Å². The van der Waals surface area contributed by atoms with Gasteiger partial charge >= 0.3 is 6.03 Å². The standard InChI is InChI=1S/C30H39N9O3/c1-36(2)16-17-37(3)27(40)23-8-12-25(13-9-23)32-30(41)31-24-10-6-22(7-11-24)26-33-28(38-14-4-5-15-38)35-29(34-26)39-18-20-42-21-19-39/h6-13H,4-5,14-21H2,1-3H3,(H2,31,32,41). The molecule has 2 saturated heterocycles. The molecule has 0 atom stereocenters. The number of aromatic nitrogens is 3. The molecule has 5 rings (SSSR count). The zero-order chi connectivity index (χ0) is 29.5. The van der Waals surface area contributed by atoms with Crippen molar-refractivity contribution in [2.45, 2.75) is 12.8 Å². The fraction of sp³-hybridized carbons (Fsp3) is 0.433. The first-order chi connectivity index (χ1) is 20.4. The molecule has 12 nitrogen and oxygen atoms in total. The largest absolute Gasteiger partial charge is 0.378 e. The highest BCUT2D eigenvalue weighted by Crippen LogP contribution is 2.25. The van der Waals surface area contributed by atoms with Crippen LogP contribution in [0.25, 0.3) is 11.4 Å². The van der Waals surface area contributed by atoms with Crippen molar-refractivity contribution in [2.24, 2.45) is 0 Å². The third-order valence-electron chi connectivity index (χ3n) is 7.31. The third kappa shape index (κ3) is 7.51. The van der Waals surface area contributed by atoms with Gasteiger partial charge in [-0.25, -0.2) is 4.79 Å². The normalized spacial score (nSPS) is 15.1. The number of nitrogens with zero attached hydrogens (tertiary/aromatic N) is 7. The summed E-state index contributed by atoms with van der Waals surface area (Å²) in [6.45, 7) is 6.09. The highest BCUT2D eigenvalue weighted by atomic mass is 16.5. The summed E-state index contributed by atoms with van der Waals surface area (Å²) in [5.41, 5.74) is 2.63. The van der Waals surface area contributed by atoms with Crippen LogP contribution in [0.3, 0.4) is 0 Å². The van der Waals surface area contributed by atoms with Crippen LogP contribution in [-0.4, -0.2) is 110 Å². The highest BCUT2D eigenvalue weighted by Gasteiger charge is 2.22. The number of morpholine rings is 1. The third-order valence-corrected chi connectivity index (χ3v) is 7.31. The predicted molar refractivity (Wildman–Crippen MR) is 164 cm³/mol. The highest BCUT2D eigenvalue weighted by molar-refractivity contribution is 6.00. The van der Waals surface area contributed by atoms with Gasteiger partial charge in [-0.1, -0.05) is 0 Å². The summed E-state index contributed by atoms with van der Waals surface area (Å²) in [5.74, 6) is 1.91. The van der Waals surface area contributed by atoms with Crippen LogP contribution in [0.15, 0.2) is 48.5 Å². The summed E-state index contributed by atoms with van der Waals surface area (Å²) in [7, 11) is 5.73. The Morgan fingerprint density at radius 2 is 1.31 bits per heavy atom. The van der Waals surface area contributed by atoms with E-state index in [1.54, 1.807) is 36.2 Å². The Labute approximate surface area is 246 Å². The number of carbonyl (C=O) groups excluding carboxylic acids is 2. The molecule has 0 aliphatic carbocycles. The van der Waals surface area contributed by atoms with Crippen LogP contribution in [0.1, 0.15) is 23.2 Å². The summed E-state index contributed by atoms with van der Waals surface area (Å²) in [6, 6.07) is 14.0. The SMILES string of the molecule is CN(C)CCN(C)C(=O)c1ccc(NC(=O)Nc2ccc(-c3nc(N4CCCC4)nc(N4CCOCC4)n3)cc2)cc1. The van der Waals surface area contributed by atoms with Gasteiger partial charge in [0.05, 0.1) is 13.2 Å². The summed E-state index contributed by atoms with van der Waals surface area (Å²) >= 11 is 0. The van der Waals surface area contributed by atoms with E-state index in [1.807, 2.05) is 43.3 Å². The van der Waals surface area contributed by atoms with E-state index in [2.05, 4.69) is 20.4 Å². The monoisotopic (exact) mass is 573 g/mol. The van der Waals surface area contributed by atoms with E-state index >= 15 is 0 Å². The first-order valence-electron chi connectivity index (χ1n) is 14.4. The molecule has 2 aliphatic heterocycles. The molecular formula is C30H39N9O3. The van der Waals surface area contributed by atoms with Gasteiger partial charge in [0, 0.05) is 68.8 Å². The molecule has 0 saturated carbocycles. The Hall–Kier alpha value is -4.29. The second kappa shape index (κ2) is 13.6. The number of carbonyl (C=O) groups is 2. The van der Waals surface area contributed by atoms with E-state index in [4.69, 9.17) is 19.7 Å². The Bertz CT molecular complexity index is 1350. The molecule has 0 bridgehead atoms. The smallest absolute Gasteiger partial charge is 0.323 e. The molecule has 1 aromatic heterocycles. The zero-order valence-corrected chi connectivity index (χ0v) is 24.5. The van der Waals surface area contributed by atoms with Gasteiger partial charge in [0.15, 0.2) is 5.82 Å². The lowest BCUT2D eigenvalue weighted by molar-refractivity contribution is 0.0786. The number of benzene rings is 2. The molecule has 12 heteroatoms. The zero-order valence-electron chi connectivity index (χ0n) is 24.5. The molecule has 2 aliphatic rings. The molecule has 3 aromatic rings. The molecule has 0 spiro atoms. The van der Waals surface area contributed by atoms with Crippen LogP contribution in [0.2, 0.25) is 0 Å². The summed E-state index contributed by atoms with van der Waals surface area (Å²) < 4.78 is 5.51. The molecule has 222 valence electrons. The first-order valence-corrected chi connectivity index (χ1v) is 14.4. The van der Waals surface area contributed by atoms with Crippen molar-refractivity contribution < 1.29 is 14.3 Å². The Morgan fingerprint density at radius 1 is 0.762 bits per heavy atom. The molecule has 0 unspecified atom stereocenters. The maximum Gasteiger partial charge on any atom is 0.323 e.